The summed E-state index contributed by atoms with van der Waals surface area (Å²) in [7, 11) is 0. The quantitative estimate of drug-likeness (QED) is 0.716. The summed E-state index contributed by atoms with van der Waals surface area (Å²) < 4.78 is 7.68. The topological polar surface area (TPSA) is 52.8 Å². The molecule has 5 nitrogen and oxygen atoms in total. The molecule has 0 saturated carbocycles. The molecule has 16 heavy (non-hydrogen) atoms. The molecule has 0 saturated heterocycles. The Bertz CT molecular complexity index is 496. The third kappa shape index (κ3) is 1.40. The van der Waals surface area contributed by atoms with E-state index in [0.29, 0.717) is 13.2 Å². The lowest BCUT2D eigenvalue weighted by atomic mass is 9.95. The van der Waals surface area contributed by atoms with Gasteiger partial charge < -0.3 is 4.74 Å². The number of nitrogens with zero attached hydrogens (tertiary/aromatic N) is 4. The maximum absolute atomic E-state index is 5.87. The first-order valence-corrected chi connectivity index (χ1v) is 5.22. The van der Waals surface area contributed by atoms with Crippen LogP contribution in [0.3, 0.4) is 0 Å². The fraction of sp³-hybridized carbons (Fsp3) is 0.364. The van der Waals surface area contributed by atoms with E-state index in [1.54, 1.807) is 4.68 Å². The van der Waals surface area contributed by atoms with E-state index in [9.17, 15) is 0 Å². The Hall–Kier alpha value is -1.75. The molecule has 0 aliphatic carbocycles. The molecule has 0 bridgehead atoms. The standard InChI is InChI=1S/C11H12N4O/c1-11(9-5-3-2-4-6-9)8-15-10(7-16-11)12-13-14-15/h2-6H,7-8H2,1H3/t11-/m0/s1. The lowest BCUT2D eigenvalue weighted by Gasteiger charge is -2.33. The number of fused-ring (bicyclic) bond motifs is 1. The molecule has 1 aromatic carbocycles. The van der Waals surface area contributed by atoms with Crippen LogP contribution in [0.15, 0.2) is 30.3 Å². The maximum Gasteiger partial charge on any atom is 0.177 e. The second-order valence-electron chi connectivity index (χ2n) is 4.14. The van der Waals surface area contributed by atoms with Crippen LogP contribution in [0.5, 0.6) is 0 Å². The number of tetrazole rings is 1. The van der Waals surface area contributed by atoms with Crippen LogP contribution < -0.4 is 0 Å². The van der Waals surface area contributed by atoms with Gasteiger partial charge in [-0.2, -0.15) is 0 Å². The first kappa shape index (κ1) is 9.47. The molecule has 0 fully saturated rings. The Balaban J connectivity index is 1.98. The molecule has 1 atom stereocenters. The molecule has 0 amide bonds. The third-order valence-electron chi connectivity index (χ3n) is 2.96. The number of hydrogen-bond acceptors (Lipinski definition) is 4. The SMILES string of the molecule is C[C@@]1(c2ccccc2)Cn2nnnc2CO1. The van der Waals surface area contributed by atoms with Gasteiger partial charge in [-0.3, -0.25) is 0 Å². The van der Waals surface area contributed by atoms with Gasteiger partial charge in [-0.1, -0.05) is 30.3 Å². The van der Waals surface area contributed by atoms with Crippen molar-refractivity contribution < 1.29 is 4.74 Å². The van der Waals surface area contributed by atoms with Gasteiger partial charge in [0.2, 0.25) is 0 Å². The molecular weight excluding hydrogens is 204 g/mol. The van der Waals surface area contributed by atoms with Gasteiger partial charge in [0.05, 0.1) is 6.54 Å². The van der Waals surface area contributed by atoms with Crippen LogP contribution in [-0.4, -0.2) is 20.2 Å². The highest BCUT2D eigenvalue weighted by molar-refractivity contribution is 5.22. The Kier molecular flexibility index (Phi) is 2.00. The van der Waals surface area contributed by atoms with E-state index in [1.807, 2.05) is 18.2 Å². The van der Waals surface area contributed by atoms with Crippen molar-refractivity contribution >= 4 is 0 Å². The third-order valence-corrected chi connectivity index (χ3v) is 2.96. The first-order valence-electron chi connectivity index (χ1n) is 5.22. The summed E-state index contributed by atoms with van der Waals surface area (Å²) in [6.45, 7) is 3.17. The van der Waals surface area contributed by atoms with Gasteiger partial charge in [-0.15, -0.1) is 5.10 Å². The predicted molar refractivity (Wildman–Crippen MR) is 56.4 cm³/mol. The number of benzene rings is 1. The summed E-state index contributed by atoms with van der Waals surface area (Å²) in [5.74, 6) is 0.786. The summed E-state index contributed by atoms with van der Waals surface area (Å²) >= 11 is 0. The molecule has 3 rings (SSSR count). The van der Waals surface area contributed by atoms with Crippen molar-refractivity contribution in [3.8, 4) is 0 Å². The van der Waals surface area contributed by atoms with Crippen LogP contribution in [0.4, 0.5) is 0 Å². The molecule has 1 aliphatic rings. The van der Waals surface area contributed by atoms with Gasteiger partial charge in [0.15, 0.2) is 5.82 Å². The van der Waals surface area contributed by atoms with Crippen LogP contribution in [0.1, 0.15) is 18.3 Å². The molecule has 1 aromatic heterocycles. The number of aromatic nitrogens is 4. The Morgan fingerprint density at radius 1 is 1.31 bits per heavy atom. The van der Waals surface area contributed by atoms with Crippen LogP contribution in [-0.2, 0) is 23.5 Å². The minimum absolute atomic E-state index is 0.344. The highest BCUT2D eigenvalue weighted by Gasteiger charge is 2.34. The molecule has 2 heterocycles. The zero-order valence-electron chi connectivity index (χ0n) is 9.00. The van der Waals surface area contributed by atoms with Crippen LogP contribution in [0, 0.1) is 0 Å². The second-order valence-corrected chi connectivity index (χ2v) is 4.14. The summed E-state index contributed by atoms with van der Waals surface area (Å²) in [6, 6.07) is 10.2. The smallest absolute Gasteiger partial charge is 0.177 e. The molecule has 5 heteroatoms. The van der Waals surface area contributed by atoms with Gasteiger partial charge in [0.25, 0.3) is 0 Å². The van der Waals surface area contributed by atoms with Crippen molar-refractivity contribution in [2.24, 2.45) is 0 Å². The fourth-order valence-corrected chi connectivity index (χ4v) is 1.97. The van der Waals surface area contributed by atoms with Crippen molar-refractivity contribution in [1.29, 1.82) is 0 Å². The minimum atomic E-state index is -0.344. The lowest BCUT2D eigenvalue weighted by Crippen LogP contribution is -2.37. The Morgan fingerprint density at radius 3 is 2.94 bits per heavy atom. The predicted octanol–water partition coefficient (Wildman–Crippen LogP) is 1.12. The van der Waals surface area contributed by atoms with Crippen molar-refractivity contribution in [1.82, 2.24) is 20.2 Å². The van der Waals surface area contributed by atoms with Crippen molar-refractivity contribution in [3.63, 3.8) is 0 Å². The number of rotatable bonds is 1. The summed E-state index contributed by atoms with van der Waals surface area (Å²) in [4.78, 5) is 0. The zero-order valence-corrected chi connectivity index (χ0v) is 9.00. The largest absolute Gasteiger partial charge is 0.361 e. The fourth-order valence-electron chi connectivity index (χ4n) is 1.97. The van der Waals surface area contributed by atoms with Crippen LogP contribution in [0.2, 0.25) is 0 Å². The van der Waals surface area contributed by atoms with Crippen molar-refractivity contribution in [2.75, 3.05) is 0 Å². The van der Waals surface area contributed by atoms with E-state index in [1.165, 1.54) is 0 Å². The monoisotopic (exact) mass is 216 g/mol. The molecule has 0 spiro atoms. The van der Waals surface area contributed by atoms with Gasteiger partial charge in [-0.25, -0.2) is 4.68 Å². The molecular formula is C11H12N4O. The molecule has 0 radical (unpaired) electrons. The van der Waals surface area contributed by atoms with E-state index in [2.05, 4.69) is 34.6 Å². The van der Waals surface area contributed by atoms with E-state index >= 15 is 0 Å². The highest BCUT2D eigenvalue weighted by atomic mass is 16.5. The van der Waals surface area contributed by atoms with Gasteiger partial charge in [0, 0.05) is 0 Å². The second kappa shape index (κ2) is 3.38. The minimum Gasteiger partial charge on any atom is -0.361 e. The summed E-state index contributed by atoms with van der Waals surface area (Å²) in [5.41, 5.74) is 0.806. The lowest BCUT2D eigenvalue weighted by molar-refractivity contribution is -0.0867. The van der Waals surface area contributed by atoms with E-state index in [-0.39, 0.29) is 5.60 Å². The van der Waals surface area contributed by atoms with E-state index < -0.39 is 0 Å². The van der Waals surface area contributed by atoms with Crippen molar-refractivity contribution in [3.05, 3.63) is 41.7 Å². The molecule has 0 unspecified atom stereocenters. The van der Waals surface area contributed by atoms with Crippen LogP contribution in [0.25, 0.3) is 0 Å². The Labute approximate surface area is 93.0 Å². The molecule has 82 valence electrons. The average Bonchev–Trinajstić information content (AvgIpc) is 2.77. The maximum atomic E-state index is 5.87. The van der Waals surface area contributed by atoms with E-state index in [4.69, 9.17) is 4.74 Å². The van der Waals surface area contributed by atoms with Gasteiger partial charge in [-0.05, 0) is 22.9 Å². The highest BCUT2D eigenvalue weighted by Crippen LogP contribution is 2.31. The molecule has 1 aliphatic heterocycles. The van der Waals surface area contributed by atoms with Gasteiger partial charge in [0.1, 0.15) is 12.2 Å². The van der Waals surface area contributed by atoms with Crippen LogP contribution >= 0.6 is 0 Å². The van der Waals surface area contributed by atoms with E-state index in [0.717, 1.165) is 11.4 Å². The average molecular weight is 216 g/mol. The normalized spacial score (nSPS) is 24.1. The Morgan fingerprint density at radius 2 is 2.12 bits per heavy atom. The number of ether oxygens (including phenoxy) is 1. The summed E-state index contributed by atoms with van der Waals surface area (Å²) in [5, 5.41) is 11.5. The van der Waals surface area contributed by atoms with Crippen molar-refractivity contribution in [2.45, 2.75) is 25.7 Å². The zero-order chi connectivity index (χ0) is 11.0. The summed E-state index contributed by atoms with van der Waals surface area (Å²) in [6.07, 6.45) is 0. The first-order chi connectivity index (χ1) is 7.78. The van der Waals surface area contributed by atoms with Gasteiger partial charge >= 0.3 is 0 Å². The molecule has 2 aromatic rings. The number of hydrogen-bond donors (Lipinski definition) is 0. The molecule has 0 N–H and O–H groups in total.